The molecule has 0 aromatic heterocycles. The monoisotopic (exact) mass is 296 g/mol. The third-order valence-corrected chi connectivity index (χ3v) is 3.43. The molecular weight excluding hydrogens is 279 g/mol. The highest BCUT2D eigenvalue weighted by molar-refractivity contribution is 5.77. The Morgan fingerprint density at radius 3 is 2.62 bits per heavy atom. The zero-order chi connectivity index (χ0) is 15.4. The summed E-state index contributed by atoms with van der Waals surface area (Å²) in [7, 11) is 0. The number of hydrogen-bond donors (Lipinski definition) is 3. The molecule has 7 heteroatoms. The number of benzene rings is 1. The van der Waals surface area contributed by atoms with Gasteiger partial charge in [-0.05, 0) is 24.6 Å². The number of carboxylic acids is 1. The van der Waals surface area contributed by atoms with Gasteiger partial charge in [-0.2, -0.15) is 0 Å². The fourth-order valence-corrected chi connectivity index (χ4v) is 2.18. The van der Waals surface area contributed by atoms with E-state index in [0.29, 0.717) is 0 Å². The maximum atomic E-state index is 12.8. The number of amides is 2. The maximum Gasteiger partial charge on any atom is 0.315 e. The predicted octanol–water partition coefficient (Wildman–Crippen LogP) is 1.29. The highest BCUT2D eigenvalue weighted by Crippen LogP contribution is 2.15. The second-order valence-corrected chi connectivity index (χ2v) is 4.98. The molecule has 21 heavy (non-hydrogen) atoms. The minimum Gasteiger partial charge on any atom is -0.481 e. The van der Waals surface area contributed by atoms with Crippen molar-refractivity contribution >= 4 is 12.0 Å². The number of carbonyl (C=O) groups excluding carboxylic acids is 1. The highest BCUT2D eigenvalue weighted by atomic mass is 19.1. The van der Waals surface area contributed by atoms with Gasteiger partial charge in [0, 0.05) is 0 Å². The van der Waals surface area contributed by atoms with Gasteiger partial charge in [0.15, 0.2) is 0 Å². The number of aliphatic carboxylic acids is 1. The smallest absolute Gasteiger partial charge is 0.315 e. The average molecular weight is 296 g/mol. The lowest BCUT2D eigenvalue weighted by Gasteiger charge is -2.19. The quantitative estimate of drug-likeness (QED) is 0.781. The summed E-state index contributed by atoms with van der Waals surface area (Å²) in [5, 5.41) is 14.3. The van der Waals surface area contributed by atoms with Crippen molar-refractivity contribution in [1.29, 1.82) is 0 Å². The Morgan fingerprint density at radius 2 is 2.00 bits per heavy atom. The molecule has 0 aliphatic carbocycles. The van der Waals surface area contributed by atoms with Crippen molar-refractivity contribution in [2.75, 3.05) is 13.2 Å². The lowest BCUT2D eigenvalue weighted by molar-refractivity contribution is -0.142. The summed E-state index contributed by atoms with van der Waals surface area (Å²) in [6, 6.07) is 4.44. The minimum atomic E-state index is -0.996. The van der Waals surface area contributed by atoms with E-state index in [0.717, 1.165) is 5.56 Å². The second-order valence-electron chi connectivity index (χ2n) is 4.98. The summed E-state index contributed by atoms with van der Waals surface area (Å²) in [6.07, 6.45) is 0. The minimum absolute atomic E-state index is 0.0911. The molecule has 0 radical (unpaired) electrons. The van der Waals surface area contributed by atoms with Gasteiger partial charge in [0.05, 0.1) is 25.3 Å². The molecule has 1 aromatic carbocycles. The van der Waals surface area contributed by atoms with Crippen LogP contribution in [0.25, 0.3) is 0 Å². The number of carboxylic acid groups (broad SMARTS) is 1. The van der Waals surface area contributed by atoms with Gasteiger partial charge in [-0.1, -0.05) is 12.1 Å². The summed E-state index contributed by atoms with van der Waals surface area (Å²) in [6.45, 7) is 2.02. The molecule has 0 saturated carbocycles. The molecule has 1 saturated heterocycles. The van der Waals surface area contributed by atoms with Crippen molar-refractivity contribution in [3.63, 3.8) is 0 Å². The fourth-order valence-electron chi connectivity index (χ4n) is 2.18. The molecule has 3 atom stereocenters. The number of carbonyl (C=O) groups is 2. The second kappa shape index (κ2) is 6.53. The summed E-state index contributed by atoms with van der Waals surface area (Å²) in [5.41, 5.74) is 0.754. The lowest BCUT2D eigenvalue weighted by Crippen LogP contribution is -2.47. The normalized spacial score (nSPS) is 22.6. The molecule has 6 nitrogen and oxygen atoms in total. The maximum absolute atomic E-state index is 12.8. The van der Waals surface area contributed by atoms with E-state index >= 15 is 0 Å². The summed E-state index contributed by atoms with van der Waals surface area (Å²) < 4.78 is 17.9. The van der Waals surface area contributed by atoms with Crippen LogP contribution in [0.4, 0.5) is 9.18 Å². The number of ether oxygens (including phenoxy) is 1. The highest BCUT2D eigenvalue weighted by Gasteiger charge is 2.35. The zero-order valence-electron chi connectivity index (χ0n) is 11.5. The largest absolute Gasteiger partial charge is 0.481 e. The Hall–Kier alpha value is -2.15. The first-order chi connectivity index (χ1) is 9.97. The number of nitrogens with one attached hydrogen (secondary N) is 2. The predicted molar refractivity (Wildman–Crippen MR) is 72.2 cm³/mol. The van der Waals surface area contributed by atoms with Crippen LogP contribution in [-0.4, -0.2) is 36.4 Å². The Labute approximate surface area is 121 Å². The first-order valence-corrected chi connectivity index (χ1v) is 6.60. The van der Waals surface area contributed by atoms with Crippen LogP contribution in [0.2, 0.25) is 0 Å². The molecule has 2 rings (SSSR count). The van der Waals surface area contributed by atoms with E-state index in [9.17, 15) is 14.0 Å². The molecule has 1 aliphatic heterocycles. The summed E-state index contributed by atoms with van der Waals surface area (Å²) in [4.78, 5) is 22.9. The van der Waals surface area contributed by atoms with Crippen molar-refractivity contribution in [1.82, 2.24) is 10.6 Å². The van der Waals surface area contributed by atoms with Crippen LogP contribution in [0.1, 0.15) is 18.5 Å². The number of halogens is 1. The molecule has 0 bridgehead atoms. The van der Waals surface area contributed by atoms with Gasteiger partial charge in [-0.15, -0.1) is 0 Å². The molecule has 3 N–H and O–H groups in total. The van der Waals surface area contributed by atoms with Gasteiger partial charge in [-0.25, -0.2) is 9.18 Å². The summed E-state index contributed by atoms with van der Waals surface area (Å²) >= 11 is 0. The van der Waals surface area contributed by atoms with Crippen LogP contribution < -0.4 is 10.6 Å². The van der Waals surface area contributed by atoms with E-state index in [1.54, 1.807) is 19.1 Å². The Bertz CT molecular complexity index is 520. The van der Waals surface area contributed by atoms with Crippen LogP contribution in [0.3, 0.4) is 0 Å². The SMILES string of the molecule is CC(NC(=O)NC1COCC1C(=O)O)c1ccc(F)cc1. The van der Waals surface area contributed by atoms with Crippen LogP contribution >= 0.6 is 0 Å². The van der Waals surface area contributed by atoms with Gasteiger partial charge in [0.1, 0.15) is 11.7 Å². The van der Waals surface area contributed by atoms with E-state index in [1.807, 2.05) is 0 Å². The molecular formula is C14H17FN2O4. The van der Waals surface area contributed by atoms with Crippen LogP contribution in [0.5, 0.6) is 0 Å². The van der Waals surface area contributed by atoms with Crippen LogP contribution in [-0.2, 0) is 9.53 Å². The number of urea groups is 1. The first kappa shape index (κ1) is 15.2. The molecule has 1 aliphatic rings. The van der Waals surface area contributed by atoms with Crippen LogP contribution in [0.15, 0.2) is 24.3 Å². The van der Waals surface area contributed by atoms with Crippen molar-refractivity contribution in [3.8, 4) is 0 Å². The Kier molecular flexibility index (Phi) is 4.74. The van der Waals surface area contributed by atoms with Gasteiger partial charge < -0.3 is 20.5 Å². The van der Waals surface area contributed by atoms with Crippen molar-refractivity contribution in [2.24, 2.45) is 5.92 Å². The summed E-state index contributed by atoms with van der Waals surface area (Å²) in [5.74, 6) is -2.08. The molecule has 3 unspecified atom stereocenters. The topological polar surface area (TPSA) is 87.7 Å². The molecule has 1 fully saturated rings. The standard InChI is InChI=1S/C14H17FN2O4/c1-8(9-2-4-10(15)5-3-9)16-14(20)17-12-7-21-6-11(12)13(18)19/h2-5,8,11-12H,6-7H2,1H3,(H,18,19)(H2,16,17,20). The Balaban J connectivity index is 1.89. The van der Waals surface area contributed by atoms with E-state index in [4.69, 9.17) is 9.84 Å². The van der Waals surface area contributed by atoms with Crippen molar-refractivity contribution in [2.45, 2.75) is 19.0 Å². The molecule has 2 amide bonds. The van der Waals surface area contributed by atoms with Gasteiger partial charge >= 0.3 is 12.0 Å². The van der Waals surface area contributed by atoms with E-state index in [2.05, 4.69) is 10.6 Å². The molecule has 0 spiro atoms. The third kappa shape index (κ3) is 3.91. The van der Waals surface area contributed by atoms with E-state index < -0.39 is 24.0 Å². The first-order valence-electron chi connectivity index (χ1n) is 6.60. The van der Waals surface area contributed by atoms with Crippen LogP contribution in [0, 0.1) is 11.7 Å². The van der Waals surface area contributed by atoms with Gasteiger partial charge in [-0.3, -0.25) is 4.79 Å². The van der Waals surface area contributed by atoms with Crippen molar-refractivity contribution in [3.05, 3.63) is 35.6 Å². The third-order valence-electron chi connectivity index (χ3n) is 3.43. The van der Waals surface area contributed by atoms with E-state index in [1.165, 1.54) is 12.1 Å². The van der Waals surface area contributed by atoms with Gasteiger partial charge in [0.25, 0.3) is 0 Å². The average Bonchev–Trinajstić information content (AvgIpc) is 2.87. The number of rotatable bonds is 4. The zero-order valence-corrected chi connectivity index (χ0v) is 11.5. The van der Waals surface area contributed by atoms with Gasteiger partial charge in [0.2, 0.25) is 0 Å². The molecule has 1 heterocycles. The van der Waals surface area contributed by atoms with E-state index in [-0.39, 0.29) is 25.1 Å². The fraction of sp³-hybridized carbons (Fsp3) is 0.429. The number of hydrogen-bond acceptors (Lipinski definition) is 3. The lowest BCUT2D eigenvalue weighted by atomic mass is 10.0. The van der Waals surface area contributed by atoms with Crippen molar-refractivity contribution < 1.29 is 23.8 Å². The molecule has 1 aromatic rings. The Morgan fingerprint density at radius 1 is 1.33 bits per heavy atom. The molecule has 114 valence electrons.